The third kappa shape index (κ3) is 3.63. The molecule has 1 aliphatic rings. The van der Waals surface area contributed by atoms with Gasteiger partial charge in [0.15, 0.2) is 11.5 Å². The molecular formula is C25H21N3O3S. The first-order valence-corrected chi connectivity index (χ1v) is 11.3. The van der Waals surface area contributed by atoms with E-state index in [1.165, 1.54) is 16.9 Å². The number of nitrogens with zero attached hydrogens (tertiary/aromatic N) is 2. The van der Waals surface area contributed by atoms with E-state index in [0.29, 0.717) is 22.9 Å². The van der Waals surface area contributed by atoms with Crippen LogP contribution in [0.4, 0.5) is 0 Å². The molecule has 32 heavy (non-hydrogen) atoms. The molecule has 0 saturated carbocycles. The third-order valence-electron chi connectivity index (χ3n) is 5.78. The molecule has 0 atom stereocenters. The number of ether oxygens (including phenoxy) is 2. The van der Waals surface area contributed by atoms with Crippen molar-refractivity contribution in [3.05, 3.63) is 74.4 Å². The number of H-pyrrole nitrogens is 1. The van der Waals surface area contributed by atoms with Crippen LogP contribution in [0.2, 0.25) is 0 Å². The predicted octanol–water partition coefficient (Wildman–Crippen LogP) is 4.99. The lowest BCUT2D eigenvalue weighted by Crippen LogP contribution is -2.11. The molecule has 0 aliphatic heterocycles. The van der Waals surface area contributed by atoms with E-state index in [9.17, 15) is 10.1 Å². The lowest BCUT2D eigenvalue weighted by molar-refractivity contribution is 0.284. The van der Waals surface area contributed by atoms with Gasteiger partial charge in [0, 0.05) is 16.0 Å². The molecule has 160 valence electrons. The minimum Gasteiger partial charge on any atom is -0.493 e. The molecule has 6 nitrogen and oxygen atoms in total. The van der Waals surface area contributed by atoms with Crippen molar-refractivity contribution in [2.24, 2.45) is 0 Å². The summed E-state index contributed by atoms with van der Waals surface area (Å²) in [6.45, 7) is 0.251. The maximum Gasteiger partial charge on any atom is 0.260 e. The summed E-state index contributed by atoms with van der Waals surface area (Å²) in [6.07, 6.45) is 4.27. The van der Waals surface area contributed by atoms with Gasteiger partial charge >= 0.3 is 0 Å². The van der Waals surface area contributed by atoms with Crippen LogP contribution in [0.15, 0.2) is 47.3 Å². The molecule has 0 radical (unpaired) electrons. The minimum absolute atomic E-state index is 0.0863. The Morgan fingerprint density at radius 3 is 2.84 bits per heavy atom. The van der Waals surface area contributed by atoms with Gasteiger partial charge in [-0.15, -0.1) is 11.3 Å². The zero-order chi connectivity index (χ0) is 22.1. The number of aryl methyl sites for hydroxylation is 2. The summed E-state index contributed by atoms with van der Waals surface area (Å²) in [7, 11) is 1.57. The van der Waals surface area contributed by atoms with Crippen molar-refractivity contribution < 1.29 is 9.47 Å². The Bertz CT molecular complexity index is 1410. The van der Waals surface area contributed by atoms with Gasteiger partial charge in [0.25, 0.3) is 5.56 Å². The summed E-state index contributed by atoms with van der Waals surface area (Å²) >= 11 is 1.63. The van der Waals surface area contributed by atoms with E-state index >= 15 is 0 Å². The van der Waals surface area contributed by atoms with E-state index in [0.717, 1.165) is 40.6 Å². The van der Waals surface area contributed by atoms with Crippen LogP contribution in [0.3, 0.4) is 0 Å². The number of hydrogen-bond acceptors (Lipinski definition) is 6. The van der Waals surface area contributed by atoms with Gasteiger partial charge in [0.2, 0.25) is 0 Å². The molecule has 0 amide bonds. The first-order chi connectivity index (χ1) is 15.7. The lowest BCUT2D eigenvalue weighted by Gasteiger charge is -2.13. The fourth-order valence-electron chi connectivity index (χ4n) is 4.15. The number of nitriles is 1. The Balaban J connectivity index is 1.47. The topological polar surface area (TPSA) is 88.0 Å². The van der Waals surface area contributed by atoms with Crippen molar-refractivity contribution >= 4 is 21.6 Å². The second kappa shape index (κ2) is 8.48. The largest absolute Gasteiger partial charge is 0.493 e. The number of fused-ring (bicyclic) bond motifs is 3. The Kier molecular flexibility index (Phi) is 5.38. The van der Waals surface area contributed by atoms with Gasteiger partial charge in [0.1, 0.15) is 17.3 Å². The molecule has 1 aliphatic carbocycles. The summed E-state index contributed by atoms with van der Waals surface area (Å²) in [6, 6.07) is 15.0. The molecule has 0 unspecified atom stereocenters. The monoisotopic (exact) mass is 443 g/mol. The number of aromatic amines is 1. The Morgan fingerprint density at radius 2 is 2.00 bits per heavy atom. The standard InChI is InChI=1S/C25H21N3O3S/c1-30-20-12-15(10-11-19(20)31-14-17-7-3-2-6-16(17)13-26)23-27-24(29)22-18-8-4-5-9-21(18)32-25(22)28-23/h2-3,6-7,10-12H,4-5,8-9,14H2,1H3,(H,27,28,29). The SMILES string of the molecule is COc1cc(-c2nc3sc4c(c3c(=O)[nH]2)CCCC4)ccc1OCc1ccccc1C#N. The highest BCUT2D eigenvalue weighted by molar-refractivity contribution is 7.18. The lowest BCUT2D eigenvalue weighted by atomic mass is 9.97. The maximum absolute atomic E-state index is 12.9. The normalized spacial score (nSPS) is 12.9. The number of aromatic nitrogens is 2. The second-order valence-electron chi connectivity index (χ2n) is 7.73. The molecular weight excluding hydrogens is 422 g/mol. The smallest absolute Gasteiger partial charge is 0.260 e. The number of benzene rings is 2. The van der Waals surface area contributed by atoms with Crippen LogP contribution in [0.1, 0.15) is 34.4 Å². The number of rotatable bonds is 5. The van der Waals surface area contributed by atoms with E-state index in [4.69, 9.17) is 14.5 Å². The van der Waals surface area contributed by atoms with Crippen molar-refractivity contribution in [2.45, 2.75) is 32.3 Å². The molecule has 2 heterocycles. The molecule has 2 aromatic heterocycles. The van der Waals surface area contributed by atoms with Crippen LogP contribution in [-0.4, -0.2) is 17.1 Å². The first-order valence-electron chi connectivity index (χ1n) is 10.5. The molecule has 0 spiro atoms. The van der Waals surface area contributed by atoms with Gasteiger partial charge < -0.3 is 14.5 Å². The number of hydrogen-bond donors (Lipinski definition) is 1. The zero-order valence-corrected chi connectivity index (χ0v) is 18.4. The third-order valence-corrected chi connectivity index (χ3v) is 6.97. The predicted molar refractivity (Wildman–Crippen MR) is 124 cm³/mol. The van der Waals surface area contributed by atoms with Gasteiger partial charge in [-0.05, 0) is 55.5 Å². The van der Waals surface area contributed by atoms with Crippen LogP contribution in [-0.2, 0) is 19.4 Å². The molecule has 2 aromatic carbocycles. The van der Waals surface area contributed by atoms with Crippen LogP contribution < -0.4 is 15.0 Å². The highest BCUT2D eigenvalue weighted by atomic mass is 32.1. The molecule has 0 fully saturated rings. The minimum atomic E-state index is -0.0863. The maximum atomic E-state index is 12.9. The average Bonchev–Trinajstić information content (AvgIpc) is 3.21. The molecule has 7 heteroatoms. The van der Waals surface area contributed by atoms with E-state index in [-0.39, 0.29) is 12.2 Å². The van der Waals surface area contributed by atoms with E-state index in [2.05, 4.69) is 11.1 Å². The van der Waals surface area contributed by atoms with Crippen LogP contribution >= 0.6 is 11.3 Å². The van der Waals surface area contributed by atoms with Gasteiger partial charge in [0.05, 0.1) is 24.1 Å². The quantitative estimate of drug-likeness (QED) is 0.469. The Hall–Kier alpha value is -3.63. The Labute approximate surface area is 189 Å². The number of methoxy groups -OCH3 is 1. The van der Waals surface area contributed by atoms with Crippen LogP contribution in [0.25, 0.3) is 21.6 Å². The molecule has 5 rings (SSSR count). The van der Waals surface area contributed by atoms with E-state index < -0.39 is 0 Å². The van der Waals surface area contributed by atoms with Gasteiger partial charge in [-0.25, -0.2) is 4.98 Å². The van der Waals surface area contributed by atoms with Crippen molar-refractivity contribution in [1.29, 1.82) is 5.26 Å². The summed E-state index contributed by atoms with van der Waals surface area (Å²) in [4.78, 5) is 22.7. The Morgan fingerprint density at radius 1 is 1.16 bits per heavy atom. The van der Waals surface area contributed by atoms with Gasteiger partial charge in [-0.2, -0.15) is 5.26 Å². The second-order valence-corrected chi connectivity index (χ2v) is 8.81. The molecule has 1 N–H and O–H groups in total. The number of nitrogens with one attached hydrogen (secondary N) is 1. The van der Waals surface area contributed by atoms with Gasteiger partial charge in [-0.1, -0.05) is 18.2 Å². The summed E-state index contributed by atoms with van der Waals surface area (Å²) in [5.74, 6) is 1.60. The highest BCUT2D eigenvalue weighted by Gasteiger charge is 2.20. The fraction of sp³-hybridized carbons (Fsp3) is 0.240. The molecule has 0 bridgehead atoms. The van der Waals surface area contributed by atoms with Crippen molar-refractivity contribution in [1.82, 2.24) is 9.97 Å². The average molecular weight is 444 g/mol. The first kappa shape index (κ1) is 20.3. The van der Waals surface area contributed by atoms with E-state index in [1.807, 2.05) is 30.3 Å². The van der Waals surface area contributed by atoms with Crippen LogP contribution in [0, 0.1) is 11.3 Å². The van der Waals surface area contributed by atoms with Gasteiger partial charge in [-0.3, -0.25) is 4.79 Å². The summed E-state index contributed by atoms with van der Waals surface area (Å²) in [5, 5.41) is 10.0. The van der Waals surface area contributed by atoms with E-state index in [1.54, 1.807) is 30.6 Å². The van der Waals surface area contributed by atoms with Crippen molar-refractivity contribution in [2.75, 3.05) is 7.11 Å². The molecule has 0 saturated heterocycles. The highest BCUT2D eigenvalue weighted by Crippen LogP contribution is 2.36. The summed E-state index contributed by atoms with van der Waals surface area (Å²) in [5.41, 5.74) is 3.22. The van der Waals surface area contributed by atoms with Crippen LogP contribution in [0.5, 0.6) is 11.5 Å². The van der Waals surface area contributed by atoms with Crippen molar-refractivity contribution in [3.8, 4) is 29.0 Å². The summed E-state index contributed by atoms with van der Waals surface area (Å²) < 4.78 is 11.5. The fourth-order valence-corrected chi connectivity index (χ4v) is 5.41. The molecule has 4 aromatic rings. The number of thiophene rings is 1. The van der Waals surface area contributed by atoms with Crippen molar-refractivity contribution in [3.63, 3.8) is 0 Å². The zero-order valence-electron chi connectivity index (χ0n) is 17.6.